The van der Waals surface area contributed by atoms with E-state index in [1.165, 1.54) is 0 Å². The molecule has 0 fully saturated rings. The van der Waals surface area contributed by atoms with Crippen molar-refractivity contribution in [3.05, 3.63) is 24.5 Å². The molecule has 0 aliphatic carbocycles. The summed E-state index contributed by atoms with van der Waals surface area (Å²) in [5.74, 6) is 0. The minimum absolute atomic E-state index is 0.456. The van der Waals surface area contributed by atoms with E-state index < -0.39 is 0 Å². The van der Waals surface area contributed by atoms with Crippen molar-refractivity contribution in [2.24, 2.45) is 0 Å². The number of aromatic nitrogens is 1. The second-order valence-corrected chi connectivity index (χ2v) is 2.47. The largest absolute Gasteiger partial charge is 0.382 e. The molecule has 1 aromatic heterocycles. The van der Waals surface area contributed by atoms with Gasteiger partial charge in [-0.05, 0) is 19.9 Å². The van der Waals surface area contributed by atoms with Gasteiger partial charge in [0.05, 0.1) is 5.69 Å². The van der Waals surface area contributed by atoms with Gasteiger partial charge < -0.3 is 5.32 Å². The van der Waals surface area contributed by atoms with E-state index >= 15 is 0 Å². The molecular weight excluding hydrogens is 124 g/mol. The summed E-state index contributed by atoms with van der Waals surface area (Å²) < 4.78 is 0. The molecule has 53 valence electrons. The summed E-state index contributed by atoms with van der Waals surface area (Å²) in [6.45, 7) is 4.18. The quantitative estimate of drug-likeness (QED) is 0.667. The van der Waals surface area contributed by atoms with Crippen LogP contribution < -0.4 is 5.32 Å². The van der Waals surface area contributed by atoms with E-state index in [9.17, 15) is 0 Å². The molecule has 0 amide bonds. The summed E-state index contributed by atoms with van der Waals surface area (Å²) in [6.07, 6.45) is 3.43. The lowest BCUT2D eigenvalue weighted by Crippen LogP contribution is -2.09. The van der Waals surface area contributed by atoms with Crippen LogP contribution in [0.25, 0.3) is 0 Å². The molecule has 2 nitrogen and oxygen atoms in total. The Balaban J connectivity index is 2.59. The van der Waals surface area contributed by atoms with Crippen LogP contribution in [0.15, 0.2) is 18.5 Å². The van der Waals surface area contributed by atoms with Crippen LogP contribution in [0.2, 0.25) is 0 Å². The van der Waals surface area contributed by atoms with Crippen LogP contribution in [-0.2, 0) is 0 Å². The summed E-state index contributed by atoms with van der Waals surface area (Å²) in [4.78, 5) is 3.92. The molecule has 0 saturated carbocycles. The molecule has 1 heterocycles. The van der Waals surface area contributed by atoms with Gasteiger partial charge in [-0.3, -0.25) is 4.98 Å². The van der Waals surface area contributed by atoms with Gasteiger partial charge in [-0.25, -0.2) is 0 Å². The molecule has 0 bridgehead atoms. The SMILES string of the molecule is CC(C)Nc1c[c]cnc1. The molecule has 1 radical (unpaired) electrons. The second kappa shape index (κ2) is 3.20. The van der Waals surface area contributed by atoms with Gasteiger partial charge in [0.2, 0.25) is 0 Å². The number of nitrogens with one attached hydrogen (secondary N) is 1. The normalized spacial score (nSPS) is 9.90. The number of anilines is 1. The van der Waals surface area contributed by atoms with Crippen molar-refractivity contribution in [2.75, 3.05) is 5.32 Å². The van der Waals surface area contributed by atoms with Crippen LogP contribution >= 0.6 is 0 Å². The zero-order chi connectivity index (χ0) is 7.40. The van der Waals surface area contributed by atoms with Gasteiger partial charge in [0.25, 0.3) is 0 Å². The predicted molar refractivity (Wildman–Crippen MR) is 41.8 cm³/mol. The fourth-order valence-corrected chi connectivity index (χ4v) is 0.737. The van der Waals surface area contributed by atoms with Crippen molar-refractivity contribution in [1.29, 1.82) is 0 Å². The maximum atomic E-state index is 3.92. The van der Waals surface area contributed by atoms with Crippen molar-refractivity contribution in [1.82, 2.24) is 4.98 Å². The molecule has 0 saturated heterocycles. The molecule has 2 heteroatoms. The topological polar surface area (TPSA) is 24.9 Å². The third-order valence-corrected chi connectivity index (χ3v) is 1.06. The van der Waals surface area contributed by atoms with Gasteiger partial charge in [0.15, 0.2) is 0 Å². The van der Waals surface area contributed by atoms with E-state index in [0.717, 1.165) is 5.69 Å². The van der Waals surface area contributed by atoms with Crippen molar-refractivity contribution in [2.45, 2.75) is 19.9 Å². The van der Waals surface area contributed by atoms with Crippen LogP contribution in [0.4, 0.5) is 5.69 Å². The molecule has 10 heavy (non-hydrogen) atoms. The molecular formula is C8H11N2. The van der Waals surface area contributed by atoms with Gasteiger partial charge in [-0.15, -0.1) is 0 Å². The molecule has 0 aromatic carbocycles. The molecule has 0 atom stereocenters. The van der Waals surface area contributed by atoms with Gasteiger partial charge in [0.1, 0.15) is 0 Å². The summed E-state index contributed by atoms with van der Waals surface area (Å²) in [5, 5.41) is 3.21. The summed E-state index contributed by atoms with van der Waals surface area (Å²) in [5.41, 5.74) is 1.03. The molecule has 1 N–H and O–H groups in total. The lowest BCUT2D eigenvalue weighted by molar-refractivity contribution is 0.897. The zero-order valence-electron chi connectivity index (χ0n) is 6.26. The lowest BCUT2D eigenvalue weighted by atomic mass is 10.3. The highest BCUT2D eigenvalue weighted by Crippen LogP contribution is 2.03. The first kappa shape index (κ1) is 7.06. The zero-order valence-corrected chi connectivity index (χ0v) is 6.26. The smallest absolute Gasteiger partial charge is 0.0534 e. The monoisotopic (exact) mass is 135 g/mol. The molecule has 1 aromatic rings. The Morgan fingerprint density at radius 1 is 1.60 bits per heavy atom. The molecule has 0 aliphatic heterocycles. The number of pyridine rings is 1. The maximum Gasteiger partial charge on any atom is 0.0534 e. The van der Waals surface area contributed by atoms with Crippen LogP contribution in [-0.4, -0.2) is 11.0 Å². The highest BCUT2D eigenvalue weighted by atomic mass is 14.9. The summed E-state index contributed by atoms with van der Waals surface area (Å²) >= 11 is 0. The standard InChI is InChI=1S/C8H11N2/c1-7(2)10-8-4-3-5-9-6-8/h4-7,10H,1-2H3. The van der Waals surface area contributed by atoms with Crippen LogP contribution in [0.3, 0.4) is 0 Å². The fraction of sp³-hybridized carbons (Fsp3) is 0.375. The minimum Gasteiger partial charge on any atom is -0.382 e. The Hall–Kier alpha value is -1.05. The first-order valence-corrected chi connectivity index (χ1v) is 3.36. The highest BCUT2D eigenvalue weighted by molar-refractivity contribution is 5.39. The number of nitrogens with zero attached hydrogens (tertiary/aromatic N) is 1. The fourth-order valence-electron chi connectivity index (χ4n) is 0.737. The Bertz CT molecular complexity index is 182. The Kier molecular flexibility index (Phi) is 2.26. The van der Waals surface area contributed by atoms with Gasteiger partial charge in [0, 0.05) is 24.5 Å². The van der Waals surface area contributed by atoms with E-state index in [-0.39, 0.29) is 0 Å². The lowest BCUT2D eigenvalue weighted by Gasteiger charge is -2.07. The highest BCUT2D eigenvalue weighted by Gasteiger charge is 1.91. The molecule has 1 rings (SSSR count). The first-order valence-electron chi connectivity index (χ1n) is 3.36. The summed E-state index contributed by atoms with van der Waals surface area (Å²) in [7, 11) is 0. The van der Waals surface area contributed by atoms with E-state index in [1.54, 1.807) is 12.4 Å². The number of hydrogen-bond acceptors (Lipinski definition) is 2. The molecule has 0 unspecified atom stereocenters. The van der Waals surface area contributed by atoms with Crippen molar-refractivity contribution in [3.63, 3.8) is 0 Å². The van der Waals surface area contributed by atoms with E-state index in [4.69, 9.17) is 0 Å². The van der Waals surface area contributed by atoms with Crippen LogP contribution in [0.1, 0.15) is 13.8 Å². The Morgan fingerprint density at radius 3 is 2.90 bits per heavy atom. The average Bonchev–Trinajstić information content (AvgIpc) is 1.88. The first-order chi connectivity index (χ1) is 4.79. The van der Waals surface area contributed by atoms with Crippen LogP contribution in [0, 0.1) is 6.07 Å². The van der Waals surface area contributed by atoms with Crippen LogP contribution in [0.5, 0.6) is 0 Å². The van der Waals surface area contributed by atoms with Gasteiger partial charge >= 0.3 is 0 Å². The third kappa shape index (κ3) is 2.05. The number of rotatable bonds is 2. The maximum absolute atomic E-state index is 3.92. The third-order valence-electron chi connectivity index (χ3n) is 1.06. The Morgan fingerprint density at radius 2 is 2.40 bits per heavy atom. The van der Waals surface area contributed by atoms with Crippen molar-refractivity contribution < 1.29 is 0 Å². The van der Waals surface area contributed by atoms with Crippen molar-refractivity contribution >= 4 is 5.69 Å². The van der Waals surface area contributed by atoms with E-state index in [1.807, 2.05) is 6.07 Å². The average molecular weight is 135 g/mol. The van der Waals surface area contributed by atoms with E-state index in [0.29, 0.717) is 6.04 Å². The van der Waals surface area contributed by atoms with Gasteiger partial charge in [-0.2, -0.15) is 0 Å². The Labute approximate surface area is 61.3 Å². The van der Waals surface area contributed by atoms with E-state index in [2.05, 4.69) is 30.2 Å². The molecule has 0 aliphatic rings. The minimum atomic E-state index is 0.456. The van der Waals surface area contributed by atoms with Crippen molar-refractivity contribution in [3.8, 4) is 0 Å². The predicted octanol–water partition coefficient (Wildman–Crippen LogP) is 1.70. The molecule has 0 spiro atoms. The summed E-state index contributed by atoms with van der Waals surface area (Å²) in [6, 6.07) is 5.23. The van der Waals surface area contributed by atoms with Gasteiger partial charge in [-0.1, -0.05) is 0 Å². The second-order valence-electron chi connectivity index (χ2n) is 2.47. The number of hydrogen-bond donors (Lipinski definition) is 1.